The lowest BCUT2D eigenvalue weighted by molar-refractivity contribution is -0.274. The topological polar surface area (TPSA) is 264 Å². The lowest BCUT2D eigenvalue weighted by atomic mass is 10.1. The number of hydrogen-bond donors (Lipinski definition) is 4. The van der Waals surface area contributed by atoms with Gasteiger partial charge in [0.05, 0.1) is 52.2 Å². The van der Waals surface area contributed by atoms with Gasteiger partial charge in [-0.25, -0.2) is 4.39 Å². The van der Waals surface area contributed by atoms with Crippen molar-refractivity contribution in [3.8, 4) is 28.7 Å². The fourth-order valence-corrected chi connectivity index (χ4v) is 15.0. The Bertz CT molecular complexity index is 4380. The Morgan fingerprint density at radius 2 is 0.685 bits per heavy atom. The number of halogens is 8. The Balaban J connectivity index is 0.000000181. The number of aliphatic hydroxyl groups excluding tert-OH is 4. The summed E-state index contributed by atoms with van der Waals surface area (Å²) in [5.74, 6) is 1.12. The number of rotatable bonds is 25. The van der Waals surface area contributed by atoms with E-state index in [1.807, 2.05) is 24.3 Å². The number of thioether (sulfide) groups is 4. The molecule has 0 saturated carbocycles. The highest BCUT2D eigenvalue weighted by Crippen LogP contribution is 2.35. The third-order valence-electron chi connectivity index (χ3n) is 16.4. The van der Waals surface area contributed by atoms with Gasteiger partial charge in [-0.15, -0.1) is 13.2 Å². The van der Waals surface area contributed by atoms with Gasteiger partial charge in [0.25, 0.3) is 0 Å². The van der Waals surface area contributed by atoms with Crippen LogP contribution in [0.1, 0.15) is 108 Å². The van der Waals surface area contributed by atoms with Crippen LogP contribution < -0.4 is 23.7 Å². The fourth-order valence-electron chi connectivity index (χ4n) is 10.8. The average molecular weight is 1590 g/mol. The third kappa shape index (κ3) is 26.8. The maximum absolute atomic E-state index is 13.6. The Kier molecular flexibility index (Phi) is 31.4. The molecule has 570 valence electrons. The predicted molar refractivity (Wildman–Crippen MR) is 396 cm³/mol. The maximum atomic E-state index is 13.6. The van der Waals surface area contributed by atoms with Gasteiger partial charge in [0.2, 0.25) is 0 Å². The molecule has 0 bridgehead atoms. The van der Waals surface area contributed by atoms with Crippen molar-refractivity contribution in [2.45, 2.75) is 117 Å². The monoisotopic (exact) mass is 1590 g/mol. The molecule has 8 atom stereocenters. The summed E-state index contributed by atoms with van der Waals surface area (Å²) in [4.78, 5) is 91.9. The van der Waals surface area contributed by atoms with Crippen molar-refractivity contribution in [3.63, 3.8) is 0 Å². The van der Waals surface area contributed by atoms with Crippen LogP contribution in [0, 0.1) is 5.82 Å². The third-order valence-corrected chi connectivity index (χ3v) is 21.2. The van der Waals surface area contributed by atoms with Crippen molar-refractivity contribution < 1.29 is 113 Å². The molecule has 8 unspecified atom stereocenters. The standard InChI is InChI=1S/C20H17F3O5S.C20H17F3O4S.C19H17ClO4S.C19H17FO4S.CH4/c21-20(22,23)28-15-7-3-13(4-8-15)17(25)11-27-14-5-1-12(2-6-14)9-18-16(24)10-19(26)29-18;21-20(22,23)14-3-1-2-13(9-14)17(25)11-27-15-6-4-12(5-7-15)8-18-16(24)10-19(26)28-18;20-14-5-3-13(4-6-14)17(22)11-24-15-7-1-12(2-8-15)9-18-16(21)10-19(23)25-18;20-15-4-2-1-3-14(15)17(22)11-24-13-7-5-12(6-8-13)9-18-16(21)10-19(23)25-18;/h1-8,17-18,25H,9-11H2;1-7,9,17-18,25H,8,10-11H2;2*1-8,17-18,22H,9-11H2;1H4. The van der Waals surface area contributed by atoms with Crippen LogP contribution in [0.3, 0.4) is 0 Å². The second-order valence-corrected chi connectivity index (χ2v) is 30.0. The van der Waals surface area contributed by atoms with Crippen molar-refractivity contribution in [3.05, 3.63) is 255 Å². The molecule has 0 spiro atoms. The summed E-state index contributed by atoms with van der Waals surface area (Å²) in [5, 5.41) is 39.4. The van der Waals surface area contributed by atoms with E-state index >= 15 is 0 Å². The van der Waals surface area contributed by atoms with E-state index in [1.165, 1.54) is 36.4 Å². The van der Waals surface area contributed by atoms with E-state index in [1.54, 1.807) is 109 Å². The summed E-state index contributed by atoms with van der Waals surface area (Å²) in [6, 6.07) is 50.6. The predicted octanol–water partition coefficient (Wildman–Crippen LogP) is 15.1. The first-order valence-corrected chi connectivity index (χ1v) is 36.9. The Labute approximate surface area is 638 Å². The van der Waals surface area contributed by atoms with Crippen LogP contribution in [0.4, 0.5) is 30.7 Å². The molecule has 4 N–H and O–H groups in total. The van der Waals surface area contributed by atoms with Gasteiger partial charge in [-0.2, -0.15) is 13.2 Å². The molecule has 0 aliphatic carbocycles. The summed E-state index contributed by atoms with van der Waals surface area (Å²) in [7, 11) is 0. The van der Waals surface area contributed by atoms with Crippen LogP contribution in [-0.4, -0.2) is 118 Å². The number of hydrogen-bond acceptors (Lipinski definition) is 21. The van der Waals surface area contributed by atoms with Gasteiger partial charge in [-0.3, -0.25) is 38.4 Å². The Hall–Kier alpha value is -8.84. The number of alkyl halides is 6. The number of carbonyl (C=O) groups is 8. The van der Waals surface area contributed by atoms with Crippen molar-refractivity contribution in [2.75, 3.05) is 26.4 Å². The first kappa shape index (κ1) is 84.8. The minimum Gasteiger partial charge on any atom is -0.491 e. The molecule has 0 aromatic heterocycles. The average Bonchev–Trinajstić information content (AvgIpc) is 0.935. The van der Waals surface area contributed by atoms with E-state index in [9.17, 15) is 89.5 Å². The lowest BCUT2D eigenvalue weighted by Crippen LogP contribution is -2.17. The van der Waals surface area contributed by atoms with Crippen LogP contribution in [0.5, 0.6) is 28.7 Å². The highest BCUT2D eigenvalue weighted by atomic mass is 35.5. The van der Waals surface area contributed by atoms with E-state index in [4.69, 9.17) is 30.5 Å². The van der Waals surface area contributed by atoms with Gasteiger partial charge in [0, 0.05) is 10.6 Å². The number of ketones is 4. The van der Waals surface area contributed by atoms with E-state index in [2.05, 4.69) is 4.74 Å². The van der Waals surface area contributed by atoms with E-state index < -0.39 is 48.3 Å². The van der Waals surface area contributed by atoms with Gasteiger partial charge in [-0.05, 0) is 156 Å². The summed E-state index contributed by atoms with van der Waals surface area (Å²) in [6.07, 6.45) is -11.3. The van der Waals surface area contributed by atoms with Crippen molar-refractivity contribution in [1.29, 1.82) is 0 Å². The number of aliphatic hydroxyl groups is 4. The summed E-state index contributed by atoms with van der Waals surface area (Å²) >= 11 is 10.2. The SMILES string of the molecule is C.O=C1CC(=O)C(Cc2ccc(OCC(O)c3ccc(Cl)cc3)cc2)S1.O=C1CC(=O)C(Cc2ccc(OCC(O)c3ccc(OC(F)(F)F)cc3)cc2)S1.O=C1CC(=O)C(Cc2ccc(OCC(O)c3cccc(C(F)(F)F)c3)cc2)S1.O=C1CC(=O)C(Cc2ccc(OCC(O)c3ccccc3F)cc2)S1. The summed E-state index contributed by atoms with van der Waals surface area (Å²) in [6.45, 7) is -0.228. The zero-order chi connectivity index (χ0) is 77.0. The molecule has 4 aliphatic rings. The first-order valence-electron chi connectivity index (χ1n) is 33.0. The minimum absolute atomic E-state index is 0. The first-order chi connectivity index (χ1) is 50.9. The minimum atomic E-state index is -4.77. The number of benzene rings is 8. The molecule has 12 rings (SSSR count). The molecule has 4 heterocycles. The highest BCUT2D eigenvalue weighted by molar-refractivity contribution is 8.16. The second kappa shape index (κ2) is 40.0. The molecule has 108 heavy (non-hydrogen) atoms. The largest absolute Gasteiger partial charge is 0.573 e. The molecule has 4 saturated heterocycles. The van der Waals surface area contributed by atoms with Crippen molar-refractivity contribution >= 4 is 102 Å². The molecule has 29 heteroatoms. The lowest BCUT2D eigenvalue weighted by Gasteiger charge is -2.15. The summed E-state index contributed by atoms with van der Waals surface area (Å²) < 4.78 is 114. The molecule has 8 aromatic rings. The zero-order valence-electron chi connectivity index (χ0n) is 56.3. The quantitative estimate of drug-likeness (QED) is 0.0306. The van der Waals surface area contributed by atoms with Crippen LogP contribution in [-0.2, 0) is 70.2 Å². The normalized spacial score (nSPS) is 18.1. The second-order valence-electron chi connectivity index (χ2n) is 24.5. The smallest absolute Gasteiger partial charge is 0.491 e. The van der Waals surface area contributed by atoms with Crippen molar-refractivity contribution in [2.24, 2.45) is 0 Å². The van der Waals surface area contributed by atoms with Gasteiger partial charge in [-0.1, -0.05) is 169 Å². The Morgan fingerprint density at radius 1 is 0.380 bits per heavy atom. The van der Waals surface area contributed by atoms with E-state index in [-0.39, 0.29) is 141 Å². The van der Waals surface area contributed by atoms with E-state index in [0.717, 1.165) is 99.1 Å². The van der Waals surface area contributed by atoms with Gasteiger partial charge >= 0.3 is 12.5 Å². The van der Waals surface area contributed by atoms with Gasteiger partial charge in [0.1, 0.15) is 85.4 Å². The highest BCUT2D eigenvalue weighted by Gasteiger charge is 2.36. The number of carbonyl (C=O) groups excluding carboxylic acids is 8. The fraction of sp³-hybridized carbons (Fsp3) is 0.291. The zero-order valence-corrected chi connectivity index (χ0v) is 60.4. The van der Waals surface area contributed by atoms with Gasteiger partial charge in [0.15, 0.2) is 43.6 Å². The van der Waals surface area contributed by atoms with E-state index in [0.29, 0.717) is 59.3 Å². The Morgan fingerprint density at radius 3 is 0.991 bits per heavy atom. The number of Topliss-reactive ketones (excluding diaryl/α,β-unsaturated/α-hetero) is 4. The molecule has 4 fully saturated rings. The van der Waals surface area contributed by atoms with Crippen LogP contribution in [0.2, 0.25) is 5.02 Å². The molecular weight excluding hydrogens is 1520 g/mol. The molecule has 17 nitrogen and oxygen atoms in total. The molecule has 0 radical (unpaired) electrons. The number of ether oxygens (including phenoxy) is 5. The molecular formula is C79H72ClF7O17S4. The van der Waals surface area contributed by atoms with Crippen LogP contribution >= 0.6 is 58.6 Å². The van der Waals surface area contributed by atoms with Crippen molar-refractivity contribution in [1.82, 2.24) is 0 Å². The maximum Gasteiger partial charge on any atom is 0.573 e. The van der Waals surface area contributed by atoms with Gasteiger partial charge < -0.3 is 44.1 Å². The van der Waals surface area contributed by atoms with Crippen LogP contribution in [0.15, 0.2) is 194 Å². The molecule has 0 amide bonds. The summed E-state index contributed by atoms with van der Waals surface area (Å²) in [5.41, 5.74) is 4.28. The molecule has 4 aliphatic heterocycles. The van der Waals surface area contributed by atoms with Crippen LogP contribution in [0.25, 0.3) is 0 Å². The molecule has 8 aromatic carbocycles.